The summed E-state index contributed by atoms with van der Waals surface area (Å²) in [7, 11) is 1.48. The highest BCUT2D eigenvalue weighted by atomic mass is 19.4. The lowest BCUT2D eigenvalue weighted by molar-refractivity contribution is -0.138. The van der Waals surface area contributed by atoms with Crippen molar-refractivity contribution in [2.75, 3.05) is 19.0 Å². The molecule has 1 atom stereocenters. The fourth-order valence-corrected chi connectivity index (χ4v) is 4.19. The van der Waals surface area contributed by atoms with Crippen LogP contribution >= 0.6 is 0 Å². The maximum Gasteiger partial charge on any atom is 0.416 e. The van der Waals surface area contributed by atoms with E-state index in [1.807, 2.05) is 0 Å². The molecule has 0 bridgehead atoms. The largest absolute Gasteiger partial charge is 0.456 e. The molecule has 202 valence electrons. The van der Waals surface area contributed by atoms with Crippen molar-refractivity contribution < 1.29 is 36.2 Å². The van der Waals surface area contributed by atoms with Gasteiger partial charge in [0.05, 0.1) is 11.1 Å². The third kappa shape index (κ3) is 6.31. The van der Waals surface area contributed by atoms with Crippen LogP contribution in [0.3, 0.4) is 0 Å². The standard InChI is InChI=1S/C28H27F5N2O3/c1-15-11-17(29)5-8-25(15)38-26-14-19(16-3-4-16)22(28(31,32)33)13-21(26)27(36)35-18-6-7-23(30)20(12-18)24(34)9-10-37-2/h5-8,11-14,16,24H,3-4,9-10,34H2,1-2H3,(H,35,36). The smallest absolute Gasteiger partial charge is 0.416 e. The molecule has 38 heavy (non-hydrogen) atoms. The van der Waals surface area contributed by atoms with Gasteiger partial charge in [0.2, 0.25) is 0 Å². The summed E-state index contributed by atoms with van der Waals surface area (Å²) in [5.74, 6) is -2.20. The molecule has 0 aliphatic heterocycles. The number of carbonyl (C=O) groups excluding carboxylic acids is 1. The van der Waals surface area contributed by atoms with Crippen molar-refractivity contribution in [3.05, 3.63) is 88.0 Å². The summed E-state index contributed by atoms with van der Waals surface area (Å²) in [4.78, 5) is 13.3. The van der Waals surface area contributed by atoms with Gasteiger partial charge in [0.1, 0.15) is 23.1 Å². The SMILES string of the molecule is COCCC(N)c1cc(NC(=O)c2cc(C(F)(F)F)c(C3CC3)cc2Oc2ccc(F)cc2C)ccc1F. The molecular weight excluding hydrogens is 507 g/mol. The molecule has 3 aromatic rings. The highest BCUT2D eigenvalue weighted by molar-refractivity contribution is 6.06. The number of hydrogen-bond donors (Lipinski definition) is 2. The first-order valence-corrected chi connectivity index (χ1v) is 12.0. The predicted octanol–water partition coefficient (Wildman–Crippen LogP) is 7.25. The third-order valence-corrected chi connectivity index (χ3v) is 6.36. The van der Waals surface area contributed by atoms with E-state index in [2.05, 4.69) is 5.32 Å². The molecule has 1 saturated carbocycles. The van der Waals surface area contributed by atoms with Gasteiger partial charge in [-0.1, -0.05) is 0 Å². The van der Waals surface area contributed by atoms with Gasteiger partial charge >= 0.3 is 6.18 Å². The second-order valence-corrected chi connectivity index (χ2v) is 9.30. The predicted molar refractivity (Wildman–Crippen MR) is 132 cm³/mol. The molecule has 0 heterocycles. The molecule has 10 heteroatoms. The third-order valence-electron chi connectivity index (χ3n) is 6.36. The van der Waals surface area contributed by atoms with Gasteiger partial charge < -0.3 is 20.5 Å². The van der Waals surface area contributed by atoms with Gasteiger partial charge in [0, 0.05) is 31.0 Å². The van der Waals surface area contributed by atoms with Crippen LogP contribution in [0, 0.1) is 18.6 Å². The molecular formula is C28H27F5N2O3. The first-order valence-electron chi connectivity index (χ1n) is 12.0. The van der Waals surface area contributed by atoms with Crippen molar-refractivity contribution in [2.24, 2.45) is 5.73 Å². The number of ether oxygens (including phenoxy) is 2. The fourth-order valence-electron chi connectivity index (χ4n) is 4.19. The van der Waals surface area contributed by atoms with E-state index < -0.39 is 35.3 Å². The van der Waals surface area contributed by atoms with Crippen LogP contribution in [0.25, 0.3) is 0 Å². The van der Waals surface area contributed by atoms with Gasteiger partial charge in [-0.15, -0.1) is 0 Å². The van der Waals surface area contributed by atoms with Crippen molar-refractivity contribution in [3.8, 4) is 11.5 Å². The van der Waals surface area contributed by atoms with Gasteiger partial charge in [-0.25, -0.2) is 8.78 Å². The van der Waals surface area contributed by atoms with Crippen LogP contribution in [0.2, 0.25) is 0 Å². The number of alkyl halides is 3. The Morgan fingerprint density at radius 2 is 1.82 bits per heavy atom. The van der Waals surface area contributed by atoms with Crippen LogP contribution in [-0.2, 0) is 10.9 Å². The topological polar surface area (TPSA) is 73.6 Å². The van der Waals surface area contributed by atoms with Crippen LogP contribution in [0.4, 0.5) is 27.6 Å². The average Bonchev–Trinajstić information content (AvgIpc) is 3.70. The molecule has 1 aliphatic carbocycles. The summed E-state index contributed by atoms with van der Waals surface area (Å²) < 4.78 is 80.8. The molecule has 0 aromatic heterocycles. The Bertz CT molecular complexity index is 1340. The Morgan fingerprint density at radius 1 is 1.08 bits per heavy atom. The number of hydrogen-bond acceptors (Lipinski definition) is 4. The molecule has 5 nitrogen and oxygen atoms in total. The highest BCUT2D eigenvalue weighted by Gasteiger charge is 2.40. The molecule has 1 fully saturated rings. The quantitative estimate of drug-likeness (QED) is 0.284. The first kappa shape index (κ1) is 27.5. The van der Waals surface area contributed by atoms with E-state index in [9.17, 15) is 26.7 Å². The molecule has 1 aliphatic rings. The summed E-state index contributed by atoms with van der Waals surface area (Å²) in [6, 6.07) is 8.73. The number of amides is 1. The number of rotatable bonds is 9. The van der Waals surface area contributed by atoms with E-state index >= 15 is 0 Å². The minimum atomic E-state index is -4.70. The number of aryl methyl sites for hydroxylation is 1. The number of methoxy groups -OCH3 is 1. The van der Waals surface area contributed by atoms with Crippen LogP contribution in [-0.4, -0.2) is 19.6 Å². The monoisotopic (exact) mass is 534 g/mol. The van der Waals surface area contributed by atoms with Crippen LogP contribution in [0.5, 0.6) is 11.5 Å². The van der Waals surface area contributed by atoms with Crippen molar-refractivity contribution in [1.29, 1.82) is 0 Å². The molecule has 0 spiro atoms. The van der Waals surface area contributed by atoms with E-state index in [4.69, 9.17) is 15.2 Å². The zero-order valence-electron chi connectivity index (χ0n) is 20.8. The van der Waals surface area contributed by atoms with Crippen LogP contribution in [0.15, 0.2) is 48.5 Å². The van der Waals surface area contributed by atoms with Crippen molar-refractivity contribution in [1.82, 2.24) is 0 Å². The number of anilines is 1. The molecule has 0 radical (unpaired) electrons. The van der Waals surface area contributed by atoms with E-state index in [1.165, 1.54) is 37.4 Å². The van der Waals surface area contributed by atoms with E-state index in [0.717, 1.165) is 18.2 Å². The van der Waals surface area contributed by atoms with Gasteiger partial charge in [-0.2, -0.15) is 13.2 Å². The Hall–Kier alpha value is -3.50. The van der Waals surface area contributed by atoms with Crippen molar-refractivity contribution >= 4 is 11.6 Å². The van der Waals surface area contributed by atoms with Gasteiger partial charge in [0.25, 0.3) is 5.91 Å². The molecule has 1 amide bonds. The van der Waals surface area contributed by atoms with Gasteiger partial charge in [-0.05, 0) is 91.8 Å². The maximum absolute atomic E-state index is 14.4. The highest BCUT2D eigenvalue weighted by Crippen LogP contribution is 2.48. The van der Waals surface area contributed by atoms with Crippen LogP contribution in [0.1, 0.15) is 63.8 Å². The lowest BCUT2D eigenvalue weighted by Gasteiger charge is -2.19. The van der Waals surface area contributed by atoms with Crippen molar-refractivity contribution in [3.63, 3.8) is 0 Å². The molecule has 3 aromatic carbocycles. The fraction of sp³-hybridized carbons (Fsp3) is 0.321. The van der Waals surface area contributed by atoms with E-state index in [-0.39, 0.29) is 46.4 Å². The Kier molecular flexibility index (Phi) is 8.03. The zero-order valence-corrected chi connectivity index (χ0v) is 20.8. The molecule has 0 saturated heterocycles. The minimum absolute atomic E-state index is 0.0389. The van der Waals surface area contributed by atoms with E-state index in [1.54, 1.807) is 6.92 Å². The number of nitrogens with one attached hydrogen (secondary N) is 1. The second-order valence-electron chi connectivity index (χ2n) is 9.30. The van der Waals surface area contributed by atoms with Gasteiger partial charge in [-0.3, -0.25) is 4.79 Å². The summed E-state index contributed by atoms with van der Waals surface area (Å²) in [5.41, 5.74) is 5.45. The first-order chi connectivity index (χ1) is 18.0. The Balaban J connectivity index is 1.73. The van der Waals surface area contributed by atoms with Gasteiger partial charge in [0.15, 0.2) is 0 Å². The average molecular weight is 535 g/mol. The number of carbonyl (C=O) groups is 1. The lowest BCUT2D eigenvalue weighted by Crippen LogP contribution is -2.18. The van der Waals surface area contributed by atoms with E-state index in [0.29, 0.717) is 24.8 Å². The molecule has 4 rings (SSSR count). The van der Waals surface area contributed by atoms with Crippen molar-refractivity contribution in [2.45, 2.75) is 44.3 Å². The number of halogens is 5. The summed E-state index contributed by atoms with van der Waals surface area (Å²) >= 11 is 0. The molecule has 1 unspecified atom stereocenters. The molecule has 3 N–H and O–H groups in total. The zero-order chi connectivity index (χ0) is 27.6. The lowest BCUT2D eigenvalue weighted by atomic mass is 9.98. The minimum Gasteiger partial charge on any atom is -0.456 e. The number of nitrogens with two attached hydrogens (primary N) is 1. The van der Waals surface area contributed by atoms with Crippen LogP contribution < -0.4 is 15.8 Å². The number of benzene rings is 3. The maximum atomic E-state index is 14.4. The summed E-state index contributed by atoms with van der Waals surface area (Å²) in [6.45, 7) is 1.87. The summed E-state index contributed by atoms with van der Waals surface area (Å²) in [6.07, 6.45) is -3.21. The Labute approximate surface area is 216 Å². The second kappa shape index (κ2) is 11.1. The normalized spacial score (nSPS) is 14.3. The summed E-state index contributed by atoms with van der Waals surface area (Å²) in [5, 5.41) is 2.53. The Morgan fingerprint density at radius 3 is 2.45 bits per heavy atom.